The highest BCUT2D eigenvalue weighted by molar-refractivity contribution is 7.88. The molecule has 1 aromatic heterocycles. The molecule has 1 amide bonds. The average Bonchev–Trinajstić information content (AvgIpc) is 3.52. The van der Waals surface area contributed by atoms with Crippen LogP contribution in [0.3, 0.4) is 0 Å². The fraction of sp³-hybridized carbons (Fsp3) is 0.400. The first-order chi connectivity index (χ1) is 13.4. The molecule has 1 saturated carbocycles. The van der Waals surface area contributed by atoms with Crippen molar-refractivity contribution in [3.05, 3.63) is 64.7 Å². The second-order valence-corrected chi connectivity index (χ2v) is 9.21. The Labute approximate surface area is 163 Å². The summed E-state index contributed by atoms with van der Waals surface area (Å²) in [5, 5.41) is 0. The molecular weight excluding hydrogens is 381 g/mol. The fourth-order valence-electron chi connectivity index (χ4n) is 3.41. The van der Waals surface area contributed by atoms with Crippen LogP contribution in [-0.4, -0.2) is 30.8 Å². The Balaban J connectivity index is 1.41. The molecule has 1 aliphatic heterocycles. The maximum atomic E-state index is 13.7. The lowest BCUT2D eigenvalue weighted by Gasteiger charge is -2.28. The number of rotatable bonds is 6. The minimum absolute atomic E-state index is 0.0770. The number of carbonyl (C=O) groups excluding carboxylic acids is 1. The van der Waals surface area contributed by atoms with Gasteiger partial charge in [0.2, 0.25) is 15.9 Å². The summed E-state index contributed by atoms with van der Waals surface area (Å²) in [7, 11) is -3.69. The maximum Gasteiger partial charge on any atom is 0.225 e. The number of hydrogen-bond donors (Lipinski definition) is 1. The van der Waals surface area contributed by atoms with E-state index in [-0.39, 0.29) is 23.9 Å². The number of fused-ring (bicyclic) bond motifs is 1. The highest BCUT2D eigenvalue weighted by Crippen LogP contribution is 2.32. The van der Waals surface area contributed by atoms with Gasteiger partial charge in [0, 0.05) is 49.4 Å². The molecule has 0 atom stereocenters. The largest absolute Gasteiger partial charge is 0.338 e. The Kier molecular flexibility index (Phi) is 5.16. The molecule has 1 N–H and O–H groups in total. The normalized spacial score (nSPS) is 16.7. The van der Waals surface area contributed by atoms with Crippen LogP contribution in [0.1, 0.15) is 35.2 Å². The summed E-state index contributed by atoms with van der Waals surface area (Å²) in [5.74, 6) is -0.560. The van der Waals surface area contributed by atoms with Crippen LogP contribution < -0.4 is 4.72 Å². The van der Waals surface area contributed by atoms with Gasteiger partial charge in [-0.3, -0.25) is 9.78 Å². The monoisotopic (exact) mass is 403 g/mol. The number of benzene rings is 1. The van der Waals surface area contributed by atoms with Gasteiger partial charge in [0.25, 0.3) is 0 Å². The van der Waals surface area contributed by atoms with Gasteiger partial charge in [-0.25, -0.2) is 17.5 Å². The highest BCUT2D eigenvalue weighted by atomic mass is 32.2. The Morgan fingerprint density at radius 3 is 2.82 bits per heavy atom. The van der Waals surface area contributed by atoms with Crippen LogP contribution in [-0.2, 0) is 40.1 Å². The second-order valence-electron chi connectivity index (χ2n) is 7.41. The summed E-state index contributed by atoms with van der Waals surface area (Å²) >= 11 is 0. The van der Waals surface area contributed by atoms with Crippen molar-refractivity contribution < 1.29 is 17.6 Å². The van der Waals surface area contributed by atoms with Crippen molar-refractivity contribution in [2.45, 2.75) is 38.1 Å². The number of aromatic nitrogens is 1. The predicted molar refractivity (Wildman–Crippen MR) is 102 cm³/mol. The van der Waals surface area contributed by atoms with Crippen LogP contribution in [0, 0.1) is 11.7 Å². The van der Waals surface area contributed by atoms with Gasteiger partial charge in [0.1, 0.15) is 5.82 Å². The van der Waals surface area contributed by atoms with E-state index in [4.69, 9.17) is 0 Å². The van der Waals surface area contributed by atoms with E-state index in [0.29, 0.717) is 19.5 Å². The molecule has 8 heteroatoms. The number of nitrogens with zero attached hydrogens (tertiary/aromatic N) is 2. The van der Waals surface area contributed by atoms with Crippen LogP contribution in [0.4, 0.5) is 4.39 Å². The smallest absolute Gasteiger partial charge is 0.225 e. The average molecular weight is 403 g/mol. The third-order valence-electron chi connectivity index (χ3n) is 5.13. The van der Waals surface area contributed by atoms with Crippen molar-refractivity contribution in [1.82, 2.24) is 14.6 Å². The van der Waals surface area contributed by atoms with E-state index in [0.717, 1.165) is 29.7 Å². The number of pyridine rings is 1. The molecule has 2 aromatic rings. The lowest BCUT2D eigenvalue weighted by molar-refractivity contribution is -0.133. The van der Waals surface area contributed by atoms with Gasteiger partial charge in [-0.15, -0.1) is 0 Å². The van der Waals surface area contributed by atoms with Gasteiger partial charge in [0.15, 0.2) is 0 Å². The maximum absolute atomic E-state index is 13.7. The summed E-state index contributed by atoms with van der Waals surface area (Å²) in [4.78, 5) is 18.6. The Bertz CT molecular complexity index is 1010. The van der Waals surface area contributed by atoms with Gasteiger partial charge in [-0.2, -0.15) is 0 Å². The first-order valence-electron chi connectivity index (χ1n) is 9.37. The molecule has 28 heavy (non-hydrogen) atoms. The first-order valence-corrected chi connectivity index (χ1v) is 11.0. The number of nitrogens with one attached hydrogen (secondary N) is 1. The minimum Gasteiger partial charge on any atom is -0.338 e. The number of hydrogen-bond acceptors (Lipinski definition) is 4. The molecule has 0 unspecified atom stereocenters. The third kappa shape index (κ3) is 4.39. The van der Waals surface area contributed by atoms with Crippen molar-refractivity contribution in [2.75, 3.05) is 6.54 Å². The molecule has 0 bridgehead atoms. The molecule has 1 fully saturated rings. The molecule has 2 heterocycles. The van der Waals surface area contributed by atoms with Gasteiger partial charge >= 0.3 is 0 Å². The van der Waals surface area contributed by atoms with Crippen LogP contribution in [0.25, 0.3) is 0 Å². The van der Waals surface area contributed by atoms with Crippen molar-refractivity contribution >= 4 is 15.9 Å². The van der Waals surface area contributed by atoms with E-state index in [1.807, 2.05) is 11.0 Å². The molecular formula is C20H22FN3O3S. The predicted octanol–water partition coefficient (Wildman–Crippen LogP) is 2.13. The Morgan fingerprint density at radius 1 is 1.29 bits per heavy atom. The molecule has 0 radical (unpaired) electrons. The lowest BCUT2D eigenvalue weighted by Crippen LogP contribution is -2.37. The van der Waals surface area contributed by atoms with Gasteiger partial charge in [0.05, 0.1) is 5.75 Å². The molecule has 1 aromatic carbocycles. The van der Waals surface area contributed by atoms with E-state index in [1.54, 1.807) is 12.3 Å². The quantitative estimate of drug-likeness (QED) is 0.802. The molecule has 0 saturated heterocycles. The van der Waals surface area contributed by atoms with Crippen molar-refractivity contribution in [2.24, 2.45) is 5.92 Å². The van der Waals surface area contributed by atoms with Gasteiger partial charge in [-0.1, -0.05) is 18.2 Å². The van der Waals surface area contributed by atoms with Crippen LogP contribution in [0.5, 0.6) is 0 Å². The van der Waals surface area contributed by atoms with E-state index < -0.39 is 21.6 Å². The number of amides is 1. The van der Waals surface area contributed by atoms with E-state index in [1.165, 1.54) is 18.2 Å². The summed E-state index contributed by atoms with van der Waals surface area (Å²) in [6.07, 6.45) is 4.32. The summed E-state index contributed by atoms with van der Waals surface area (Å²) < 4.78 is 40.8. The van der Waals surface area contributed by atoms with E-state index in [9.17, 15) is 17.6 Å². The zero-order chi connectivity index (χ0) is 19.7. The Morgan fingerprint density at radius 2 is 2.07 bits per heavy atom. The number of sulfonamides is 1. The SMILES string of the molecule is O=C(C1CC1)N1CCc2ncc(CNS(=O)(=O)Cc3ccccc3F)cc2C1. The van der Waals surface area contributed by atoms with Crippen molar-refractivity contribution in [3.63, 3.8) is 0 Å². The zero-order valence-electron chi connectivity index (χ0n) is 15.4. The standard InChI is InChI=1S/C20H22FN3O3S/c21-18-4-2-1-3-16(18)13-28(26,27)23-11-14-9-17-12-24(20(25)15-5-6-15)8-7-19(17)22-10-14/h1-4,9-10,15,23H,5-8,11-13H2. The van der Waals surface area contributed by atoms with E-state index in [2.05, 4.69) is 9.71 Å². The first kappa shape index (κ1) is 19.0. The number of carbonyl (C=O) groups is 1. The molecule has 4 rings (SSSR count). The highest BCUT2D eigenvalue weighted by Gasteiger charge is 2.34. The lowest BCUT2D eigenvalue weighted by atomic mass is 10.0. The zero-order valence-corrected chi connectivity index (χ0v) is 16.2. The van der Waals surface area contributed by atoms with Crippen LogP contribution in [0.2, 0.25) is 0 Å². The van der Waals surface area contributed by atoms with E-state index >= 15 is 0 Å². The Hall–Kier alpha value is -2.32. The van der Waals surface area contributed by atoms with Crippen LogP contribution in [0.15, 0.2) is 36.5 Å². The molecule has 6 nitrogen and oxygen atoms in total. The van der Waals surface area contributed by atoms with Crippen molar-refractivity contribution in [3.8, 4) is 0 Å². The second kappa shape index (κ2) is 7.60. The minimum atomic E-state index is -3.69. The van der Waals surface area contributed by atoms with Crippen LogP contribution >= 0.6 is 0 Å². The van der Waals surface area contributed by atoms with Gasteiger partial charge < -0.3 is 4.90 Å². The summed E-state index contributed by atoms with van der Waals surface area (Å²) in [6, 6.07) is 7.73. The molecule has 1 aliphatic carbocycles. The third-order valence-corrected chi connectivity index (χ3v) is 6.41. The fourth-order valence-corrected chi connectivity index (χ4v) is 4.55. The molecule has 148 valence electrons. The number of halogens is 1. The summed E-state index contributed by atoms with van der Waals surface area (Å²) in [5.41, 5.74) is 2.77. The molecule has 0 spiro atoms. The summed E-state index contributed by atoms with van der Waals surface area (Å²) in [6.45, 7) is 1.28. The van der Waals surface area contributed by atoms with Crippen molar-refractivity contribution in [1.29, 1.82) is 0 Å². The van der Waals surface area contributed by atoms with Gasteiger partial charge in [-0.05, 0) is 36.1 Å². The topological polar surface area (TPSA) is 79.4 Å². The molecule has 2 aliphatic rings.